The van der Waals surface area contributed by atoms with Gasteiger partial charge < -0.3 is 29.2 Å². The number of nitrogen functional groups attached to an aromatic ring is 1. The van der Waals surface area contributed by atoms with Crippen molar-refractivity contribution in [2.45, 2.75) is 76.3 Å². The number of halogens is 1. The number of hydrogen-bond donors (Lipinski definition) is 2. The molecule has 7 atom stereocenters. The zero-order chi connectivity index (χ0) is 32.7. The highest BCUT2D eigenvalue weighted by Gasteiger charge is 2.94. The van der Waals surface area contributed by atoms with Crippen LogP contribution in [0.3, 0.4) is 0 Å². The molecule has 3 N–H and O–H groups in total. The van der Waals surface area contributed by atoms with Gasteiger partial charge in [-0.2, -0.15) is 10.2 Å². The largest absolute Gasteiger partial charge is 0.462 e. The number of para-hydroxylation sites is 1. The maximum absolute atomic E-state index is 15.3. The van der Waals surface area contributed by atoms with Gasteiger partial charge in [0.25, 0.3) is 0 Å². The molecule has 1 saturated heterocycles. The minimum Gasteiger partial charge on any atom is -0.462 e. The minimum atomic E-state index is -4.64. The number of hydrogen-bond acceptors (Lipinski definition) is 13. The summed E-state index contributed by atoms with van der Waals surface area (Å²) >= 11 is 0. The highest BCUT2D eigenvalue weighted by atomic mass is 31.2. The number of benzene rings is 1. The molecular formula is C28H33FN5O10P. The highest BCUT2D eigenvalue weighted by molar-refractivity contribution is 7.52. The molecule has 0 amide bonds. The Labute approximate surface area is 257 Å². The molecule has 3 aromatic rings. The van der Waals surface area contributed by atoms with Crippen LogP contribution in [-0.4, -0.2) is 74.7 Å². The van der Waals surface area contributed by atoms with Crippen molar-refractivity contribution in [2.24, 2.45) is 0 Å². The molecule has 1 saturated carbocycles. The molecular weight excluding hydrogens is 616 g/mol. The van der Waals surface area contributed by atoms with Gasteiger partial charge in [-0.1, -0.05) is 18.2 Å². The summed E-state index contributed by atoms with van der Waals surface area (Å²) in [5.41, 5.74) is 2.34. The predicted molar refractivity (Wildman–Crippen MR) is 153 cm³/mol. The van der Waals surface area contributed by atoms with Crippen molar-refractivity contribution < 1.29 is 51.3 Å². The summed E-state index contributed by atoms with van der Waals surface area (Å²) in [5, 5.41) is 6.70. The highest BCUT2D eigenvalue weighted by Crippen LogP contribution is 2.71. The normalized spacial score (nSPS) is 27.3. The van der Waals surface area contributed by atoms with E-state index < -0.39 is 74.0 Å². The van der Waals surface area contributed by atoms with E-state index in [0.717, 1.165) is 13.8 Å². The molecule has 242 valence electrons. The molecule has 0 bridgehead atoms. The fourth-order valence-corrected chi connectivity index (χ4v) is 7.26. The lowest BCUT2D eigenvalue weighted by molar-refractivity contribution is -0.174. The van der Waals surface area contributed by atoms with Gasteiger partial charge in [0.1, 0.15) is 36.4 Å². The molecule has 17 heteroatoms. The first kappa shape index (κ1) is 32.3. The van der Waals surface area contributed by atoms with E-state index in [9.17, 15) is 18.9 Å². The van der Waals surface area contributed by atoms with Gasteiger partial charge in [-0.3, -0.25) is 18.9 Å². The lowest BCUT2D eigenvalue weighted by Gasteiger charge is -2.30. The first-order chi connectivity index (χ1) is 21.3. The van der Waals surface area contributed by atoms with Gasteiger partial charge in [0.2, 0.25) is 5.60 Å². The first-order valence-electron chi connectivity index (χ1n) is 14.0. The average molecular weight is 650 g/mol. The Bertz CT molecular complexity index is 1660. The molecule has 3 heterocycles. The van der Waals surface area contributed by atoms with Crippen molar-refractivity contribution in [1.82, 2.24) is 19.7 Å². The number of alkyl halides is 1. The topological polar surface area (TPSA) is 192 Å². The number of carbonyl (C=O) groups is 3. The predicted octanol–water partition coefficient (Wildman–Crippen LogP) is 2.84. The van der Waals surface area contributed by atoms with E-state index in [4.69, 9.17) is 33.7 Å². The van der Waals surface area contributed by atoms with Gasteiger partial charge >= 0.3 is 25.7 Å². The second-order valence-corrected chi connectivity index (χ2v) is 12.5. The van der Waals surface area contributed by atoms with Crippen LogP contribution < -0.4 is 15.3 Å². The first-order valence-corrected chi connectivity index (χ1v) is 15.5. The lowest BCUT2D eigenvalue weighted by Crippen LogP contribution is -2.43. The van der Waals surface area contributed by atoms with Crippen LogP contribution >= 0.6 is 7.75 Å². The smallest absolute Gasteiger partial charge is 0.459 e. The van der Waals surface area contributed by atoms with Crippen molar-refractivity contribution in [2.75, 3.05) is 12.4 Å². The Morgan fingerprint density at radius 3 is 2.47 bits per heavy atom. The van der Waals surface area contributed by atoms with E-state index >= 15 is 4.39 Å². The van der Waals surface area contributed by atoms with Crippen molar-refractivity contribution in [3.63, 3.8) is 0 Å². The van der Waals surface area contributed by atoms with Crippen molar-refractivity contribution in [1.29, 1.82) is 0 Å². The molecule has 0 spiro atoms. The number of anilines is 1. The lowest BCUT2D eigenvalue weighted by atomic mass is 10.0. The number of esters is 3. The fourth-order valence-electron chi connectivity index (χ4n) is 5.52. The summed E-state index contributed by atoms with van der Waals surface area (Å²) in [4.78, 5) is 41.5. The fraction of sp³-hybridized carbons (Fsp3) is 0.464. The van der Waals surface area contributed by atoms with Crippen molar-refractivity contribution in [3.8, 4) is 5.75 Å². The van der Waals surface area contributed by atoms with Gasteiger partial charge in [-0.25, -0.2) is 18.5 Å². The molecule has 1 aliphatic heterocycles. The standard InChI is InChI=1S/C28H33FN5O10P/c1-15(2)39-25(37)16(3)33-45(38,43-19-9-7-6-8-10-19)44-26-27(13-29)28(26,41-18(5)36)23(40-17(4)35)22(42-27)20-11-12-21-24(30)31-14-32-34(20)21/h6-12,14-16,22-23,26H,13H2,1-5H3,(H,33,38)(H2,30,31,32)/t16-,22-,23-,26?,27+,28+,45?/m0/s1. The van der Waals surface area contributed by atoms with E-state index in [1.807, 2.05) is 0 Å². The maximum Gasteiger partial charge on any atom is 0.459 e. The summed E-state index contributed by atoms with van der Waals surface area (Å²) < 4.78 is 65.5. The molecule has 45 heavy (non-hydrogen) atoms. The molecule has 0 radical (unpaired) electrons. The number of nitrogens with one attached hydrogen (secondary N) is 1. The van der Waals surface area contributed by atoms with E-state index in [0.29, 0.717) is 5.52 Å². The van der Waals surface area contributed by atoms with Crippen LogP contribution in [0.15, 0.2) is 48.8 Å². The SMILES string of the molecule is CC(=O)O[C@H]1[C@H](c2ccc3c(N)ncnn23)O[C@]2(CF)C(OP(=O)(N[C@@H](C)C(=O)OC(C)C)Oc3ccccc3)[C@]12OC(C)=O. The maximum atomic E-state index is 15.3. The van der Waals surface area contributed by atoms with Crippen LogP contribution in [0.2, 0.25) is 0 Å². The van der Waals surface area contributed by atoms with Crippen LogP contribution in [0.4, 0.5) is 10.2 Å². The quantitative estimate of drug-likeness (QED) is 0.165. The molecule has 15 nitrogen and oxygen atoms in total. The molecule has 2 unspecified atom stereocenters. The molecule has 1 aliphatic carbocycles. The van der Waals surface area contributed by atoms with E-state index in [1.54, 1.807) is 44.2 Å². The Morgan fingerprint density at radius 2 is 1.84 bits per heavy atom. The Morgan fingerprint density at radius 1 is 1.13 bits per heavy atom. The van der Waals surface area contributed by atoms with Gasteiger partial charge in [0.15, 0.2) is 23.6 Å². The Hall–Kier alpha value is -4.11. The number of fused-ring (bicyclic) bond motifs is 2. The van der Waals surface area contributed by atoms with Crippen LogP contribution in [0, 0.1) is 0 Å². The molecule has 2 aliphatic rings. The van der Waals surface area contributed by atoms with Gasteiger partial charge in [-0.15, -0.1) is 0 Å². The van der Waals surface area contributed by atoms with Gasteiger partial charge in [0.05, 0.1) is 11.8 Å². The van der Waals surface area contributed by atoms with E-state index in [1.165, 1.54) is 29.9 Å². The Balaban J connectivity index is 1.57. The van der Waals surface area contributed by atoms with Crippen molar-refractivity contribution in [3.05, 3.63) is 54.5 Å². The number of ether oxygens (including phenoxy) is 4. The summed E-state index contributed by atoms with van der Waals surface area (Å²) in [6.45, 7) is 5.48. The third-order valence-electron chi connectivity index (χ3n) is 7.30. The zero-order valence-electron chi connectivity index (χ0n) is 25.0. The third-order valence-corrected chi connectivity index (χ3v) is 8.95. The van der Waals surface area contributed by atoms with Crippen LogP contribution in [0.25, 0.3) is 5.52 Å². The van der Waals surface area contributed by atoms with Crippen molar-refractivity contribution >= 4 is 37.0 Å². The van der Waals surface area contributed by atoms with Crippen LogP contribution in [0.5, 0.6) is 5.75 Å². The summed E-state index contributed by atoms with van der Waals surface area (Å²) in [7, 11) is -4.64. The number of nitrogens with two attached hydrogens (primary N) is 1. The number of rotatable bonds is 12. The van der Waals surface area contributed by atoms with Crippen LogP contribution in [0.1, 0.15) is 46.4 Å². The van der Waals surface area contributed by atoms with E-state index in [2.05, 4.69) is 15.2 Å². The van der Waals surface area contributed by atoms with Crippen LogP contribution in [-0.2, 0) is 42.4 Å². The van der Waals surface area contributed by atoms with Gasteiger partial charge in [-0.05, 0) is 45.0 Å². The minimum absolute atomic E-state index is 0.0756. The zero-order valence-corrected chi connectivity index (χ0v) is 25.9. The molecule has 5 rings (SSSR count). The molecule has 1 aromatic carbocycles. The summed E-state index contributed by atoms with van der Waals surface area (Å²) in [6, 6.07) is 9.77. The number of nitrogens with zero attached hydrogens (tertiary/aromatic N) is 3. The number of aromatic nitrogens is 3. The monoisotopic (exact) mass is 649 g/mol. The third kappa shape index (κ3) is 5.74. The second-order valence-electron chi connectivity index (χ2n) is 10.9. The Kier molecular flexibility index (Phi) is 8.61. The van der Waals surface area contributed by atoms with Gasteiger partial charge in [0, 0.05) is 13.8 Å². The average Bonchev–Trinajstić information content (AvgIpc) is 3.22. The second kappa shape index (κ2) is 12.0. The van der Waals surface area contributed by atoms with E-state index in [-0.39, 0.29) is 17.3 Å². The summed E-state index contributed by atoms with van der Waals surface area (Å²) in [5.74, 6) is -2.27. The molecule has 2 fully saturated rings. The summed E-state index contributed by atoms with van der Waals surface area (Å²) in [6.07, 6.45) is -3.73. The number of carbonyl (C=O) groups excluding carboxylic acids is 3. The molecule has 2 aromatic heterocycles.